The molecule has 19 heavy (non-hydrogen) atoms. The summed E-state index contributed by atoms with van der Waals surface area (Å²) < 4.78 is 27.7. The van der Waals surface area contributed by atoms with E-state index in [1.165, 1.54) is 8.61 Å². The Bertz CT molecular complexity index is 398. The fourth-order valence-electron chi connectivity index (χ4n) is 2.51. The van der Waals surface area contributed by atoms with E-state index < -0.39 is 22.1 Å². The first kappa shape index (κ1) is 16.4. The van der Waals surface area contributed by atoms with Crippen LogP contribution in [0.3, 0.4) is 0 Å². The first-order valence-corrected chi connectivity index (χ1v) is 8.20. The van der Waals surface area contributed by atoms with Gasteiger partial charge in [0.15, 0.2) is 0 Å². The minimum atomic E-state index is -3.46. The third-order valence-electron chi connectivity index (χ3n) is 3.95. The predicted octanol–water partition coefficient (Wildman–Crippen LogP) is 1.15. The molecular weight excluding hydrogens is 268 g/mol. The second-order valence-corrected chi connectivity index (χ2v) is 6.99. The summed E-state index contributed by atoms with van der Waals surface area (Å²) in [7, 11) is -1.85. The Hall–Kier alpha value is -0.660. The fraction of sp³-hybridized carbons (Fsp3) is 0.917. The molecule has 0 aliphatic carbocycles. The normalized spacial score (nSPS) is 19.2. The molecule has 1 aliphatic rings. The summed E-state index contributed by atoms with van der Waals surface area (Å²) in [5.74, 6) is -1.24. The quantitative estimate of drug-likeness (QED) is 0.796. The van der Waals surface area contributed by atoms with Crippen LogP contribution in [-0.2, 0) is 15.0 Å². The van der Waals surface area contributed by atoms with Gasteiger partial charge in [-0.25, -0.2) is 0 Å². The molecule has 1 saturated heterocycles. The summed E-state index contributed by atoms with van der Waals surface area (Å²) in [6, 6.07) is 0.00203. The van der Waals surface area contributed by atoms with Crippen molar-refractivity contribution in [1.82, 2.24) is 8.61 Å². The molecule has 0 unspecified atom stereocenters. The lowest BCUT2D eigenvalue weighted by molar-refractivity contribution is -0.142. The molecule has 1 rings (SSSR count). The molecule has 7 heteroatoms. The first-order valence-electron chi connectivity index (χ1n) is 6.80. The zero-order valence-corrected chi connectivity index (χ0v) is 12.7. The van der Waals surface area contributed by atoms with Crippen LogP contribution in [0, 0.1) is 5.92 Å². The third-order valence-corrected chi connectivity index (χ3v) is 5.99. The Morgan fingerprint density at radius 2 is 1.79 bits per heavy atom. The smallest absolute Gasteiger partial charge is 0.306 e. The van der Waals surface area contributed by atoms with Crippen molar-refractivity contribution in [2.75, 3.05) is 20.1 Å². The van der Waals surface area contributed by atoms with Crippen LogP contribution in [0.25, 0.3) is 0 Å². The monoisotopic (exact) mass is 292 g/mol. The number of piperidine rings is 1. The van der Waals surface area contributed by atoms with Gasteiger partial charge >= 0.3 is 5.97 Å². The second-order valence-electron chi connectivity index (χ2n) is 5.01. The van der Waals surface area contributed by atoms with Crippen LogP contribution in [-0.4, -0.2) is 54.3 Å². The van der Waals surface area contributed by atoms with E-state index in [1.54, 1.807) is 7.05 Å². The SMILES string of the molecule is CCC(CC)N(C)S(=O)(=O)N1CCC(C(=O)O)CC1. The van der Waals surface area contributed by atoms with Gasteiger partial charge in [0.05, 0.1) is 5.92 Å². The predicted molar refractivity (Wildman–Crippen MR) is 73.0 cm³/mol. The van der Waals surface area contributed by atoms with Gasteiger partial charge in [-0.3, -0.25) is 4.79 Å². The molecule has 0 saturated carbocycles. The van der Waals surface area contributed by atoms with E-state index in [0.717, 1.165) is 12.8 Å². The van der Waals surface area contributed by atoms with E-state index in [2.05, 4.69) is 0 Å². The van der Waals surface area contributed by atoms with E-state index in [-0.39, 0.29) is 6.04 Å². The van der Waals surface area contributed by atoms with Crippen LogP contribution in [0.5, 0.6) is 0 Å². The summed E-state index contributed by atoms with van der Waals surface area (Å²) in [5, 5.41) is 8.92. The van der Waals surface area contributed by atoms with Gasteiger partial charge < -0.3 is 5.11 Å². The Morgan fingerprint density at radius 1 is 1.32 bits per heavy atom. The highest BCUT2D eigenvalue weighted by atomic mass is 32.2. The van der Waals surface area contributed by atoms with Gasteiger partial charge in [-0.1, -0.05) is 13.8 Å². The second kappa shape index (κ2) is 6.67. The number of carboxylic acids is 1. The number of hydrogen-bond acceptors (Lipinski definition) is 3. The maximum absolute atomic E-state index is 12.4. The van der Waals surface area contributed by atoms with Crippen molar-refractivity contribution in [1.29, 1.82) is 0 Å². The van der Waals surface area contributed by atoms with E-state index in [9.17, 15) is 13.2 Å². The van der Waals surface area contributed by atoms with Crippen molar-refractivity contribution in [3.63, 3.8) is 0 Å². The molecule has 0 radical (unpaired) electrons. The highest BCUT2D eigenvalue weighted by Gasteiger charge is 2.35. The maximum Gasteiger partial charge on any atom is 0.306 e. The minimum absolute atomic E-state index is 0.00203. The average Bonchev–Trinajstić information content (AvgIpc) is 2.40. The van der Waals surface area contributed by atoms with Crippen LogP contribution in [0.2, 0.25) is 0 Å². The Kier molecular flexibility index (Phi) is 5.76. The van der Waals surface area contributed by atoms with Crippen molar-refractivity contribution in [2.24, 2.45) is 5.92 Å². The van der Waals surface area contributed by atoms with Crippen LogP contribution in [0.15, 0.2) is 0 Å². The van der Waals surface area contributed by atoms with Crippen LogP contribution < -0.4 is 0 Å². The molecule has 1 fully saturated rings. The first-order chi connectivity index (χ1) is 8.84. The number of carboxylic acid groups (broad SMARTS) is 1. The highest BCUT2D eigenvalue weighted by Crippen LogP contribution is 2.23. The van der Waals surface area contributed by atoms with Gasteiger partial charge in [0.25, 0.3) is 10.2 Å². The van der Waals surface area contributed by atoms with Crippen molar-refractivity contribution < 1.29 is 18.3 Å². The highest BCUT2D eigenvalue weighted by molar-refractivity contribution is 7.86. The van der Waals surface area contributed by atoms with Crippen molar-refractivity contribution in [3.05, 3.63) is 0 Å². The molecule has 1 aliphatic heterocycles. The number of hydrogen-bond donors (Lipinski definition) is 1. The zero-order chi connectivity index (χ0) is 14.6. The van der Waals surface area contributed by atoms with Gasteiger partial charge in [0, 0.05) is 26.2 Å². The maximum atomic E-state index is 12.4. The van der Waals surface area contributed by atoms with Crippen LogP contribution in [0.1, 0.15) is 39.5 Å². The Morgan fingerprint density at radius 3 is 2.16 bits per heavy atom. The van der Waals surface area contributed by atoms with Crippen molar-refractivity contribution in [2.45, 2.75) is 45.6 Å². The molecule has 112 valence electrons. The van der Waals surface area contributed by atoms with Crippen molar-refractivity contribution >= 4 is 16.2 Å². The standard InChI is InChI=1S/C12H24N2O4S/c1-4-11(5-2)13(3)19(17,18)14-8-6-10(7-9-14)12(15)16/h10-11H,4-9H2,1-3H3,(H,15,16). The minimum Gasteiger partial charge on any atom is -0.481 e. The number of nitrogens with zero attached hydrogens (tertiary/aromatic N) is 2. The molecule has 0 atom stereocenters. The number of rotatable bonds is 6. The summed E-state index contributed by atoms with van der Waals surface area (Å²) >= 11 is 0. The number of carbonyl (C=O) groups is 1. The number of aliphatic carboxylic acids is 1. The van der Waals surface area contributed by atoms with Gasteiger partial charge in [-0.2, -0.15) is 17.0 Å². The lowest BCUT2D eigenvalue weighted by Crippen LogP contribution is -2.49. The Balaban J connectivity index is 2.72. The van der Waals surface area contributed by atoms with E-state index in [0.29, 0.717) is 25.9 Å². The van der Waals surface area contributed by atoms with Crippen LogP contribution in [0.4, 0.5) is 0 Å². The largest absolute Gasteiger partial charge is 0.481 e. The molecule has 0 amide bonds. The average molecular weight is 292 g/mol. The summed E-state index contributed by atoms with van der Waals surface area (Å²) in [4.78, 5) is 10.9. The summed E-state index contributed by atoms with van der Waals surface area (Å²) in [5.41, 5.74) is 0. The van der Waals surface area contributed by atoms with Crippen molar-refractivity contribution in [3.8, 4) is 0 Å². The van der Waals surface area contributed by atoms with Crippen LogP contribution >= 0.6 is 0 Å². The van der Waals surface area contributed by atoms with E-state index in [4.69, 9.17) is 5.11 Å². The Labute approximate surface area is 115 Å². The van der Waals surface area contributed by atoms with Gasteiger partial charge in [-0.15, -0.1) is 0 Å². The zero-order valence-electron chi connectivity index (χ0n) is 11.9. The lowest BCUT2D eigenvalue weighted by Gasteiger charge is -2.35. The van der Waals surface area contributed by atoms with Gasteiger partial charge in [0.1, 0.15) is 0 Å². The lowest BCUT2D eigenvalue weighted by atomic mass is 9.99. The molecule has 0 aromatic heterocycles. The summed E-state index contributed by atoms with van der Waals surface area (Å²) in [6.45, 7) is 4.53. The molecule has 6 nitrogen and oxygen atoms in total. The molecule has 0 spiro atoms. The molecule has 0 bridgehead atoms. The van der Waals surface area contributed by atoms with Gasteiger partial charge in [-0.05, 0) is 25.7 Å². The van der Waals surface area contributed by atoms with Gasteiger partial charge in [0.2, 0.25) is 0 Å². The topological polar surface area (TPSA) is 77.9 Å². The molecule has 1 N–H and O–H groups in total. The third kappa shape index (κ3) is 3.67. The molecule has 0 aromatic carbocycles. The van der Waals surface area contributed by atoms with E-state index in [1.807, 2.05) is 13.8 Å². The summed E-state index contributed by atoms with van der Waals surface area (Å²) in [6.07, 6.45) is 2.34. The van der Waals surface area contributed by atoms with E-state index >= 15 is 0 Å². The fourth-order valence-corrected chi connectivity index (χ4v) is 4.22. The molecule has 1 heterocycles. The molecular formula is C12H24N2O4S. The molecule has 0 aromatic rings.